The van der Waals surface area contributed by atoms with Gasteiger partial charge in [-0.25, -0.2) is 4.79 Å². The number of carbonyl (C=O) groups is 2. The molecule has 0 N–H and O–H groups in total. The molecule has 1 rings (SSSR count). The van der Waals surface area contributed by atoms with E-state index in [1.807, 2.05) is 13.8 Å². The fourth-order valence-corrected chi connectivity index (χ4v) is 11.2. The number of rotatable bonds is 15. The van der Waals surface area contributed by atoms with Crippen LogP contribution in [-0.4, -0.2) is 68.5 Å². The highest BCUT2D eigenvalue weighted by Gasteiger charge is 2.45. The van der Waals surface area contributed by atoms with Gasteiger partial charge < -0.3 is 28.1 Å². The van der Waals surface area contributed by atoms with Crippen molar-refractivity contribution >= 4 is 36.2 Å². The average Bonchev–Trinajstić information content (AvgIpc) is 3.18. The molecule has 1 fully saturated rings. The molecular weight excluding hydrogens is 608 g/mol. The second-order valence-electron chi connectivity index (χ2n) is 14.1. The van der Waals surface area contributed by atoms with Crippen molar-refractivity contribution in [2.24, 2.45) is 5.41 Å². The van der Waals surface area contributed by atoms with Crippen LogP contribution in [0.15, 0.2) is 11.8 Å². The van der Waals surface area contributed by atoms with Crippen LogP contribution in [0.4, 0.5) is 0 Å². The number of hydrogen-bond donors (Lipinski definition) is 0. The number of hydrogen-bond acceptors (Lipinski definition) is 8. The van der Waals surface area contributed by atoms with Crippen molar-refractivity contribution in [3.05, 3.63) is 11.8 Å². The third kappa shape index (κ3) is 11.3. The zero-order valence-electron chi connectivity index (χ0n) is 28.0. The van der Waals surface area contributed by atoms with Crippen LogP contribution < -0.4 is 0 Å². The molecule has 41 heavy (non-hydrogen) atoms. The van der Waals surface area contributed by atoms with Gasteiger partial charge >= 0.3 is 11.9 Å². The first kappa shape index (κ1) is 38.2. The van der Waals surface area contributed by atoms with E-state index in [2.05, 4.69) is 57.5 Å². The van der Waals surface area contributed by atoms with Gasteiger partial charge in [0.05, 0.1) is 17.6 Å². The van der Waals surface area contributed by atoms with E-state index in [-0.39, 0.29) is 24.0 Å². The average molecular weight is 666 g/mol. The van der Waals surface area contributed by atoms with E-state index >= 15 is 0 Å². The molecule has 3 atom stereocenters. The highest BCUT2D eigenvalue weighted by atomic mass is 79.9. The molecular formula is C31H57BrO8Si. The highest BCUT2D eigenvalue weighted by molar-refractivity contribution is 9.09. The normalized spacial score (nSPS) is 20.0. The number of carbonyl (C=O) groups excluding carboxylic acids is 2. The molecule has 240 valence electrons. The van der Waals surface area contributed by atoms with Crippen LogP contribution in [0.3, 0.4) is 0 Å². The number of ether oxygens (including phenoxy) is 5. The minimum atomic E-state index is -1.96. The summed E-state index contributed by atoms with van der Waals surface area (Å²) in [6.45, 7) is 28.7. The van der Waals surface area contributed by atoms with E-state index < -0.39 is 43.3 Å². The lowest BCUT2D eigenvalue weighted by Crippen LogP contribution is -2.48. The Morgan fingerprint density at radius 1 is 1.02 bits per heavy atom. The Labute approximate surface area is 258 Å². The first-order valence-corrected chi connectivity index (χ1v) is 17.9. The molecule has 1 aliphatic rings. The summed E-state index contributed by atoms with van der Waals surface area (Å²) in [4.78, 5) is 25.3. The minimum Gasteiger partial charge on any atom is -0.453 e. The van der Waals surface area contributed by atoms with Crippen molar-refractivity contribution in [1.29, 1.82) is 0 Å². The van der Waals surface area contributed by atoms with Gasteiger partial charge in [-0.2, -0.15) is 0 Å². The smallest absolute Gasteiger partial charge is 0.332 e. The zero-order chi connectivity index (χ0) is 32.0. The maximum Gasteiger partial charge on any atom is 0.332 e. The standard InChI is InChI=1S/C31H57BrO8Si/c1-20(2)41(21(3)4,22(5)6)37-16-15-26(32)30(11,12)35-19-27(33)39-24(25-18-36-31(13,14)40-25)17-23(7)38-28(34)29(8,9)10/h17,20-22,24-26H,15-16,18-19H2,1-14H3/b23-17+/t24-,25-,26+/m0/s1. The maximum absolute atomic E-state index is 13.0. The van der Waals surface area contributed by atoms with E-state index in [1.54, 1.807) is 47.6 Å². The molecule has 0 spiro atoms. The topological polar surface area (TPSA) is 89.5 Å². The summed E-state index contributed by atoms with van der Waals surface area (Å²) >= 11 is 3.78. The van der Waals surface area contributed by atoms with Gasteiger partial charge in [-0.15, -0.1) is 0 Å². The monoisotopic (exact) mass is 664 g/mol. The second-order valence-corrected chi connectivity index (χ2v) is 20.6. The fraction of sp³-hybridized carbons (Fsp3) is 0.871. The molecule has 0 saturated carbocycles. The van der Waals surface area contributed by atoms with Crippen molar-refractivity contribution < 1.29 is 37.7 Å². The Morgan fingerprint density at radius 2 is 1.56 bits per heavy atom. The third-order valence-electron chi connectivity index (χ3n) is 7.68. The quantitative estimate of drug-likeness (QED) is 0.0762. The number of allylic oxidation sites excluding steroid dienone is 1. The summed E-state index contributed by atoms with van der Waals surface area (Å²) in [5.74, 6) is -1.43. The van der Waals surface area contributed by atoms with Crippen molar-refractivity contribution in [2.75, 3.05) is 19.8 Å². The van der Waals surface area contributed by atoms with Crippen LogP contribution in [-0.2, 0) is 37.7 Å². The third-order valence-corrected chi connectivity index (χ3v) is 15.4. The number of alkyl halides is 1. The Bertz CT molecular complexity index is 869. The summed E-state index contributed by atoms with van der Waals surface area (Å²) < 4.78 is 35.6. The predicted molar refractivity (Wildman–Crippen MR) is 168 cm³/mol. The van der Waals surface area contributed by atoms with Gasteiger partial charge in [0.2, 0.25) is 0 Å². The molecule has 0 radical (unpaired) electrons. The second kappa shape index (κ2) is 15.3. The summed E-state index contributed by atoms with van der Waals surface area (Å²) in [6, 6.07) is 0. The van der Waals surface area contributed by atoms with Gasteiger partial charge in [0.1, 0.15) is 18.5 Å². The molecule has 0 amide bonds. The van der Waals surface area contributed by atoms with Gasteiger partial charge in [0.15, 0.2) is 20.2 Å². The molecule has 1 heterocycles. The SMILES string of the molecule is C/C(=C\[C@H](OC(=O)COC(C)(C)[C@H](Br)CCO[Si](C(C)C)(C(C)C)C(C)C)[C@@H]1COC(C)(C)O1)OC(=O)C(C)(C)C. The summed E-state index contributed by atoms with van der Waals surface area (Å²) in [7, 11) is -1.96. The molecule has 0 aromatic heterocycles. The molecule has 0 aromatic carbocycles. The van der Waals surface area contributed by atoms with Gasteiger partial charge in [-0.1, -0.05) is 57.5 Å². The molecule has 8 nitrogen and oxygen atoms in total. The summed E-state index contributed by atoms with van der Waals surface area (Å²) in [5, 5.41) is 0. The molecule has 0 aromatic rings. The van der Waals surface area contributed by atoms with Gasteiger partial charge in [-0.3, -0.25) is 4.79 Å². The van der Waals surface area contributed by atoms with Crippen LogP contribution in [0.25, 0.3) is 0 Å². The van der Waals surface area contributed by atoms with E-state index in [0.29, 0.717) is 29.0 Å². The van der Waals surface area contributed by atoms with Crippen LogP contribution in [0.5, 0.6) is 0 Å². The van der Waals surface area contributed by atoms with Crippen LogP contribution in [0.1, 0.15) is 103 Å². The zero-order valence-corrected chi connectivity index (χ0v) is 30.6. The first-order valence-electron chi connectivity index (χ1n) is 14.9. The lowest BCUT2D eigenvalue weighted by atomic mass is 9.97. The Balaban J connectivity index is 2.85. The molecule has 1 saturated heterocycles. The van der Waals surface area contributed by atoms with E-state index in [1.165, 1.54) is 0 Å². The van der Waals surface area contributed by atoms with E-state index in [9.17, 15) is 9.59 Å². The van der Waals surface area contributed by atoms with Crippen molar-refractivity contribution in [3.8, 4) is 0 Å². The minimum absolute atomic E-state index is 0.0388. The fourth-order valence-electron chi connectivity index (χ4n) is 5.37. The highest BCUT2D eigenvalue weighted by Crippen LogP contribution is 2.42. The van der Waals surface area contributed by atoms with Crippen molar-refractivity contribution in [1.82, 2.24) is 0 Å². The van der Waals surface area contributed by atoms with Gasteiger partial charge in [0, 0.05) is 11.4 Å². The van der Waals surface area contributed by atoms with E-state index in [0.717, 1.165) is 6.42 Å². The predicted octanol–water partition coefficient (Wildman–Crippen LogP) is 7.68. The van der Waals surface area contributed by atoms with Crippen molar-refractivity contribution in [3.63, 3.8) is 0 Å². The van der Waals surface area contributed by atoms with Crippen molar-refractivity contribution in [2.45, 2.75) is 148 Å². The Morgan fingerprint density at radius 3 is 2.00 bits per heavy atom. The molecule has 0 aliphatic carbocycles. The van der Waals surface area contributed by atoms with E-state index in [4.69, 9.17) is 28.1 Å². The van der Waals surface area contributed by atoms with Gasteiger partial charge in [-0.05, 0) is 84.5 Å². The Kier molecular flexibility index (Phi) is 14.3. The number of esters is 2. The largest absolute Gasteiger partial charge is 0.453 e. The summed E-state index contributed by atoms with van der Waals surface area (Å²) in [5.41, 5.74) is 0.210. The molecule has 0 bridgehead atoms. The Hall–Kier alpha value is -0.783. The lowest BCUT2D eigenvalue weighted by Gasteiger charge is -2.42. The summed E-state index contributed by atoms with van der Waals surface area (Å²) in [6.07, 6.45) is 0.951. The van der Waals surface area contributed by atoms with Gasteiger partial charge in [0.25, 0.3) is 0 Å². The molecule has 0 unspecified atom stereocenters. The maximum atomic E-state index is 13.0. The lowest BCUT2D eigenvalue weighted by molar-refractivity contribution is -0.172. The van der Waals surface area contributed by atoms with Crippen LogP contribution in [0, 0.1) is 5.41 Å². The molecule has 1 aliphatic heterocycles. The number of halogens is 1. The van der Waals surface area contributed by atoms with Crippen LogP contribution in [0.2, 0.25) is 16.6 Å². The first-order chi connectivity index (χ1) is 18.5. The molecule has 10 heteroatoms. The van der Waals surface area contributed by atoms with Crippen LogP contribution >= 0.6 is 15.9 Å².